The maximum atomic E-state index is 5.30. The van der Waals surface area contributed by atoms with Crippen molar-refractivity contribution in [1.82, 2.24) is 5.32 Å². The lowest BCUT2D eigenvalue weighted by atomic mass is 10.2. The van der Waals surface area contributed by atoms with Gasteiger partial charge in [0.1, 0.15) is 0 Å². The van der Waals surface area contributed by atoms with E-state index in [1.807, 2.05) is 0 Å². The molecule has 1 saturated carbocycles. The van der Waals surface area contributed by atoms with Crippen LogP contribution in [0.1, 0.15) is 25.7 Å². The first-order valence-corrected chi connectivity index (χ1v) is 3.37. The lowest BCUT2D eigenvalue weighted by Crippen LogP contribution is -2.25. The monoisotopic (exact) mass is 111 g/mol. The summed E-state index contributed by atoms with van der Waals surface area (Å²) in [4.78, 5) is 0. The fourth-order valence-electron chi connectivity index (χ4n) is 1.30. The summed E-state index contributed by atoms with van der Waals surface area (Å²) in [5.41, 5.74) is 0. The number of hydrogen-bond acceptors (Lipinski definition) is 1. The van der Waals surface area contributed by atoms with E-state index >= 15 is 0 Å². The predicted molar refractivity (Wildman–Crippen MR) is 34.6 cm³/mol. The third-order valence-corrected chi connectivity index (χ3v) is 1.76. The summed E-state index contributed by atoms with van der Waals surface area (Å²) in [6.07, 6.45) is 5.43. The molecule has 0 atom stereocenters. The van der Waals surface area contributed by atoms with Gasteiger partial charge in [0.25, 0.3) is 0 Å². The lowest BCUT2D eigenvalue weighted by Gasteiger charge is -2.07. The molecule has 1 N–H and O–H groups in total. The van der Waals surface area contributed by atoms with E-state index in [-0.39, 0.29) is 0 Å². The molecule has 0 bridgehead atoms. The second-order valence-electron chi connectivity index (χ2n) is 2.39. The van der Waals surface area contributed by atoms with Gasteiger partial charge in [0.05, 0.1) is 0 Å². The van der Waals surface area contributed by atoms with Crippen LogP contribution in [0.3, 0.4) is 0 Å². The lowest BCUT2D eigenvalue weighted by molar-refractivity contribution is 0.556. The molecule has 0 saturated heterocycles. The van der Waals surface area contributed by atoms with Gasteiger partial charge in [-0.3, -0.25) is 0 Å². The van der Waals surface area contributed by atoms with Crippen LogP contribution < -0.4 is 5.32 Å². The summed E-state index contributed by atoms with van der Waals surface area (Å²) in [5, 5.41) is 3.22. The van der Waals surface area contributed by atoms with E-state index in [1.165, 1.54) is 25.7 Å². The molecule has 0 aromatic rings. The molecule has 1 heteroatoms. The van der Waals surface area contributed by atoms with Gasteiger partial charge in [-0.2, -0.15) is 0 Å². The van der Waals surface area contributed by atoms with Gasteiger partial charge < -0.3 is 5.32 Å². The van der Waals surface area contributed by atoms with Crippen molar-refractivity contribution >= 4 is 0 Å². The van der Waals surface area contributed by atoms with Crippen LogP contribution in [0.4, 0.5) is 0 Å². The molecule has 0 amide bonds. The highest BCUT2D eigenvalue weighted by Gasteiger charge is 2.11. The van der Waals surface area contributed by atoms with Crippen LogP contribution in [0.2, 0.25) is 0 Å². The summed E-state index contributed by atoms with van der Waals surface area (Å²) in [6.45, 7) is 5.94. The first-order valence-electron chi connectivity index (χ1n) is 3.37. The van der Waals surface area contributed by atoms with Crippen LogP contribution in [0.25, 0.3) is 0 Å². The Labute approximate surface area is 51.5 Å². The molecular formula is C7H13N. The molecule has 1 nitrogen and oxygen atoms in total. The minimum atomic E-state index is 0.644. The molecule has 46 valence electrons. The summed E-state index contributed by atoms with van der Waals surface area (Å²) in [5.74, 6) is 0. The SMILES string of the molecule is [CH]CNC1CCCC1. The van der Waals surface area contributed by atoms with Crippen molar-refractivity contribution < 1.29 is 0 Å². The fraction of sp³-hybridized carbons (Fsp3) is 0.857. The Balaban J connectivity index is 2.06. The highest BCUT2D eigenvalue weighted by Crippen LogP contribution is 2.16. The normalized spacial score (nSPS) is 22.1. The first-order chi connectivity index (χ1) is 3.93. The molecule has 1 aliphatic carbocycles. The van der Waals surface area contributed by atoms with Gasteiger partial charge in [-0.25, -0.2) is 0 Å². The van der Waals surface area contributed by atoms with E-state index in [2.05, 4.69) is 5.32 Å². The molecule has 0 aromatic carbocycles. The molecule has 1 aliphatic rings. The van der Waals surface area contributed by atoms with Crippen molar-refractivity contribution in [1.29, 1.82) is 0 Å². The minimum Gasteiger partial charge on any atom is -0.314 e. The van der Waals surface area contributed by atoms with E-state index in [0.717, 1.165) is 6.04 Å². The molecule has 2 radical (unpaired) electrons. The summed E-state index contributed by atoms with van der Waals surface area (Å²) in [7, 11) is 0. The van der Waals surface area contributed by atoms with Gasteiger partial charge in [-0.1, -0.05) is 12.8 Å². The molecule has 0 aliphatic heterocycles. The molecule has 0 aromatic heterocycles. The van der Waals surface area contributed by atoms with Crippen LogP contribution in [-0.2, 0) is 0 Å². The number of rotatable bonds is 2. The molecule has 0 unspecified atom stereocenters. The van der Waals surface area contributed by atoms with Crippen molar-refractivity contribution in [3.8, 4) is 0 Å². The third kappa shape index (κ3) is 1.48. The Kier molecular flexibility index (Phi) is 2.34. The second-order valence-corrected chi connectivity index (χ2v) is 2.39. The first kappa shape index (κ1) is 6.09. The summed E-state index contributed by atoms with van der Waals surface area (Å²) >= 11 is 0. The van der Waals surface area contributed by atoms with E-state index in [0.29, 0.717) is 6.54 Å². The highest BCUT2D eigenvalue weighted by molar-refractivity contribution is 4.73. The minimum absolute atomic E-state index is 0.644. The summed E-state index contributed by atoms with van der Waals surface area (Å²) in [6, 6.07) is 0.736. The quantitative estimate of drug-likeness (QED) is 0.565. The van der Waals surface area contributed by atoms with E-state index in [4.69, 9.17) is 6.92 Å². The molecule has 1 fully saturated rings. The standard InChI is InChI=1S/C7H13N/c1-2-8-7-5-3-4-6-7/h1,7-8H,2-6H2. The zero-order chi connectivity index (χ0) is 5.82. The Bertz CT molecular complexity index is 55.4. The Hall–Kier alpha value is -0.0400. The van der Waals surface area contributed by atoms with Crippen molar-refractivity contribution in [2.45, 2.75) is 31.7 Å². The maximum absolute atomic E-state index is 5.30. The van der Waals surface area contributed by atoms with E-state index in [1.54, 1.807) is 0 Å². The predicted octanol–water partition coefficient (Wildman–Crippen LogP) is 1.23. The largest absolute Gasteiger partial charge is 0.314 e. The van der Waals surface area contributed by atoms with Crippen LogP contribution in [0.15, 0.2) is 0 Å². The maximum Gasteiger partial charge on any atom is 0.00671 e. The fourth-order valence-corrected chi connectivity index (χ4v) is 1.30. The average molecular weight is 111 g/mol. The Morgan fingerprint density at radius 3 is 2.50 bits per heavy atom. The van der Waals surface area contributed by atoms with Gasteiger partial charge in [0, 0.05) is 6.04 Å². The average Bonchev–Trinajstić information content (AvgIpc) is 2.19. The molecule has 1 rings (SSSR count). The second kappa shape index (κ2) is 3.08. The van der Waals surface area contributed by atoms with Gasteiger partial charge in [-0.05, 0) is 26.3 Å². The Morgan fingerprint density at radius 1 is 1.38 bits per heavy atom. The topological polar surface area (TPSA) is 12.0 Å². The van der Waals surface area contributed by atoms with Gasteiger partial charge in [-0.15, -0.1) is 0 Å². The van der Waals surface area contributed by atoms with Gasteiger partial charge >= 0.3 is 0 Å². The Morgan fingerprint density at radius 2 is 2.00 bits per heavy atom. The molecular weight excluding hydrogens is 98.1 g/mol. The van der Waals surface area contributed by atoms with Gasteiger partial charge in [0.2, 0.25) is 0 Å². The van der Waals surface area contributed by atoms with Crippen LogP contribution in [-0.4, -0.2) is 12.6 Å². The van der Waals surface area contributed by atoms with Crippen LogP contribution in [0, 0.1) is 6.92 Å². The zero-order valence-corrected chi connectivity index (χ0v) is 5.19. The highest BCUT2D eigenvalue weighted by atomic mass is 14.9. The summed E-state index contributed by atoms with van der Waals surface area (Å²) < 4.78 is 0. The molecule has 0 spiro atoms. The molecule has 8 heavy (non-hydrogen) atoms. The smallest absolute Gasteiger partial charge is 0.00671 e. The van der Waals surface area contributed by atoms with Crippen LogP contribution in [0.5, 0.6) is 0 Å². The van der Waals surface area contributed by atoms with Crippen molar-refractivity contribution in [2.24, 2.45) is 0 Å². The number of nitrogens with one attached hydrogen (secondary N) is 1. The van der Waals surface area contributed by atoms with Crippen molar-refractivity contribution in [3.05, 3.63) is 6.92 Å². The number of hydrogen-bond donors (Lipinski definition) is 1. The third-order valence-electron chi connectivity index (χ3n) is 1.76. The van der Waals surface area contributed by atoms with E-state index in [9.17, 15) is 0 Å². The van der Waals surface area contributed by atoms with Gasteiger partial charge in [0.15, 0.2) is 0 Å². The van der Waals surface area contributed by atoms with Crippen LogP contribution >= 0.6 is 0 Å². The van der Waals surface area contributed by atoms with Crippen molar-refractivity contribution in [3.63, 3.8) is 0 Å². The van der Waals surface area contributed by atoms with Crippen molar-refractivity contribution in [2.75, 3.05) is 6.54 Å². The zero-order valence-electron chi connectivity index (χ0n) is 5.19. The molecule has 0 heterocycles. The van der Waals surface area contributed by atoms with E-state index < -0.39 is 0 Å².